The van der Waals surface area contributed by atoms with Crippen molar-refractivity contribution in [3.63, 3.8) is 0 Å². The molecule has 1 aliphatic rings. The van der Waals surface area contributed by atoms with E-state index in [9.17, 15) is 0 Å². The van der Waals surface area contributed by atoms with Crippen molar-refractivity contribution in [1.82, 2.24) is 30.2 Å². The van der Waals surface area contributed by atoms with Gasteiger partial charge in [0.05, 0.1) is 17.3 Å². The largest absolute Gasteiger partial charge is 0.368 e. The van der Waals surface area contributed by atoms with Crippen molar-refractivity contribution in [3.05, 3.63) is 11.2 Å². The minimum absolute atomic E-state index is 0.187. The van der Waals surface area contributed by atoms with Gasteiger partial charge in [0.2, 0.25) is 11.1 Å². The van der Waals surface area contributed by atoms with E-state index in [1.165, 1.54) is 30.8 Å². The molecule has 0 atom stereocenters. The molecule has 1 fully saturated rings. The van der Waals surface area contributed by atoms with Crippen LogP contribution in [-0.4, -0.2) is 30.2 Å². The summed E-state index contributed by atoms with van der Waals surface area (Å²) in [5.41, 5.74) is 5.56. The van der Waals surface area contributed by atoms with E-state index in [4.69, 9.17) is 17.3 Å². The summed E-state index contributed by atoms with van der Waals surface area (Å²) in [7, 11) is 0. The van der Waals surface area contributed by atoms with Crippen molar-refractivity contribution < 1.29 is 0 Å². The normalized spacial score (nSPS) is 16.1. The first-order valence-electron chi connectivity index (χ1n) is 5.98. The Bertz CT molecular complexity index is 581. The van der Waals surface area contributed by atoms with Gasteiger partial charge in [-0.1, -0.05) is 24.4 Å². The maximum atomic E-state index is 6.05. The van der Waals surface area contributed by atoms with Crippen LogP contribution in [0.2, 0.25) is 5.02 Å². The van der Waals surface area contributed by atoms with Crippen LogP contribution in [0.4, 0.5) is 5.95 Å². The standard InChI is InChI=1S/C10H12ClN7S/c11-7-5-13-9(12)14-8(7)19-10-15-16-17-18(10)6-3-1-2-4-6/h5-6H,1-4H2,(H2,12,13,14). The van der Waals surface area contributed by atoms with Crippen molar-refractivity contribution in [2.24, 2.45) is 0 Å². The highest BCUT2D eigenvalue weighted by Crippen LogP contribution is 2.35. The van der Waals surface area contributed by atoms with Crippen molar-refractivity contribution in [2.75, 3.05) is 5.73 Å². The van der Waals surface area contributed by atoms with Gasteiger partial charge in [-0.3, -0.25) is 0 Å². The molecule has 0 saturated heterocycles. The average molecular weight is 298 g/mol. The SMILES string of the molecule is Nc1ncc(Cl)c(Sc2nnnn2C2CCCC2)n1. The zero-order valence-electron chi connectivity index (χ0n) is 10.0. The van der Waals surface area contributed by atoms with Crippen LogP contribution in [-0.2, 0) is 0 Å². The summed E-state index contributed by atoms with van der Waals surface area (Å²) in [6, 6.07) is 0.371. The number of aromatic nitrogens is 6. The molecule has 100 valence electrons. The predicted molar refractivity (Wildman–Crippen MR) is 70.9 cm³/mol. The fourth-order valence-corrected chi connectivity index (χ4v) is 3.18. The van der Waals surface area contributed by atoms with Crippen LogP contribution in [0.5, 0.6) is 0 Å². The lowest BCUT2D eigenvalue weighted by Gasteiger charge is -2.10. The molecular weight excluding hydrogens is 286 g/mol. The molecular formula is C10H12ClN7S. The van der Waals surface area contributed by atoms with Crippen LogP contribution in [0.25, 0.3) is 0 Å². The van der Waals surface area contributed by atoms with E-state index in [0.29, 0.717) is 21.2 Å². The van der Waals surface area contributed by atoms with Gasteiger partial charge in [-0.25, -0.2) is 14.6 Å². The molecule has 7 nitrogen and oxygen atoms in total. The Morgan fingerprint density at radius 3 is 2.95 bits per heavy atom. The van der Waals surface area contributed by atoms with E-state index in [0.717, 1.165) is 12.8 Å². The van der Waals surface area contributed by atoms with Gasteiger partial charge in [0.1, 0.15) is 5.03 Å². The van der Waals surface area contributed by atoms with Gasteiger partial charge in [0, 0.05) is 0 Å². The van der Waals surface area contributed by atoms with Gasteiger partial charge >= 0.3 is 0 Å². The Morgan fingerprint density at radius 1 is 1.37 bits per heavy atom. The fourth-order valence-electron chi connectivity index (χ4n) is 2.15. The lowest BCUT2D eigenvalue weighted by Crippen LogP contribution is -2.08. The lowest BCUT2D eigenvalue weighted by atomic mass is 10.3. The summed E-state index contributed by atoms with van der Waals surface area (Å²) < 4.78 is 1.85. The zero-order valence-corrected chi connectivity index (χ0v) is 11.6. The van der Waals surface area contributed by atoms with E-state index in [-0.39, 0.29) is 5.95 Å². The van der Waals surface area contributed by atoms with Gasteiger partial charge in [0.25, 0.3) is 0 Å². The molecule has 2 aromatic rings. The third-order valence-corrected chi connectivity index (χ3v) is 4.40. The molecule has 9 heteroatoms. The summed E-state index contributed by atoms with van der Waals surface area (Å²) in [5, 5.41) is 13.5. The van der Waals surface area contributed by atoms with Crippen LogP contribution in [0.15, 0.2) is 16.4 Å². The summed E-state index contributed by atoms with van der Waals surface area (Å²) >= 11 is 7.36. The second kappa shape index (κ2) is 5.30. The van der Waals surface area contributed by atoms with Crippen molar-refractivity contribution in [3.8, 4) is 0 Å². The van der Waals surface area contributed by atoms with Crippen LogP contribution in [0, 0.1) is 0 Å². The van der Waals surface area contributed by atoms with Crippen LogP contribution in [0.3, 0.4) is 0 Å². The average Bonchev–Trinajstić information content (AvgIpc) is 3.03. The number of hydrogen-bond donors (Lipinski definition) is 1. The predicted octanol–water partition coefficient (Wildman–Crippen LogP) is 1.97. The van der Waals surface area contributed by atoms with E-state index < -0.39 is 0 Å². The zero-order chi connectivity index (χ0) is 13.2. The molecule has 0 radical (unpaired) electrons. The minimum Gasteiger partial charge on any atom is -0.368 e. The quantitative estimate of drug-likeness (QED) is 0.865. The number of hydrogen-bond acceptors (Lipinski definition) is 7. The molecule has 0 bridgehead atoms. The first kappa shape index (κ1) is 12.6. The fraction of sp³-hybridized carbons (Fsp3) is 0.500. The Hall–Kier alpha value is -1.41. The summed E-state index contributed by atoms with van der Waals surface area (Å²) in [6.45, 7) is 0. The lowest BCUT2D eigenvalue weighted by molar-refractivity contribution is 0.423. The van der Waals surface area contributed by atoms with Crippen LogP contribution < -0.4 is 5.73 Å². The molecule has 1 aliphatic carbocycles. The number of rotatable bonds is 3. The number of nitrogen functional groups attached to an aromatic ring is 1. The van der Waals surface area contributed by atoms with E-state index in [1.54, 1.807) is 0 Å². The molecule has 0 amide bonds. The molecule has 2 N–H and O–H groups in total. The Labute approximate surface area is 118 Å². The summed E-state index contributed by atoms with van der Waals surface area (Å²) in [6.07, 6.45) is 6.14. The summed E-state index contributed by atoms with van der Waals surface area (Å²) in [4.78, 5) is 7.94. The van der Waals surface area contributed by atoms with E-state index in [2.05, 4.69) is 25.5 Å². The minimum atomic E-state index is 0.187. The Balaban J connectivity index is 1.87. The molecule has 2 aromatic heterocycles. The molecule has 19 heavy (non-hydrogen) atoms. The van der Waals surface area contributed by atoms with Crippen LogP contribution >= 0.6 is 23.4 Å². The number of nitrogens with two attached hydrogens (primary N) is 1. The van der Waals surface area contributed by atoms with Gasteiger partial charge in [-0.2, -0.15) is 0 Å². The topological polar surface area (TPSA) is 95.4 Å². The number of tetrazole rings is 1. The molecule has 2 heterocycles. The second-order valence-corrected chi connectivity index (χ2v) is 5.69. The van der Waals surface area contributed by atoms with Crippen molar-refractivity contribution in [1.29, 1.82) is 0 Å². The van der Waals surface area contributed by atoms with Gasteiger partial charge in [0.15, 0.2) is 0 Å². The van der Waals surface area contributed by atoms with Crippen molar-refractivity contribution >= 4 is 29.3 Å². The third kappa shape index (κ3) is 2.64. The molecule has 0 aliphatic heterocycles. The Morgan fingerprint density at radius 2 is 2.16 bits per heavy atom. The third-order valence-electron chi connectivity index (χ3n) is 3.05. The Kier molecular flexibility index (Phi) is 3.52. The van der Waals surface area contributed by atoms with Crippen molar-refractivity contribution in [2.45, 2.75) is 41.9 Å². The maximum Gasteiger partial charge on any atom is 0.221 e. The smallest absolute Gasteiger partial charge is 0.221 e. The highest BCUT2D eigenvalue weighted by Gasteiger charge is 2.22. The van der Waals surface area contributed by atoms with Gasteiger partial charge in [-0.05, 0) is 35.0 Å². The number of halogens is 1. The number of anilines is 1. The first-order valence-corrected chi connectivity index (χ1v) is 7.17. The number of nitrogens with zero attached hydrogens (tertiary/aromatic N) is 6. The van der Waals surface area contributed by atoms with E-state index in [1.807, 2.05) is 4.68 Å². The second-order valence-electron chi connectivity index (χ2n) is 4.33. The van der Waals surface area contributed by atoms with Crippen LogP contribution in [0.1, 0.15) is 31.7 Å². The van der Waals surface area contributed by atoms with E-state index >= 15 is 0 Å². The molecule has 3 rings (SSSR count). The monoisotopic (exact) mass is 297 g/mol. The van der Waals surface area contributed by atoms with Gasteiger partial charge < -0.3 is 5.73 Å². The molecule has 1 saturated carbocycles. The summed E-state index contributed by atoms with van der Waals surface area (Å²) in [5.74, 6) is 0.187. The molecule has 0 unspecified atom stereocenters. The highest BCUT2D eigenvalue weighted by molar-refractivity contribution is 7.99. The molecule has 0 spiro atoms. The highest BCUT2D eigenvalue weighted by atomic mass is 35.5. The van der Waals surface area contributed by atoms with Gasteiger partial charge in [-0.15, -0.1) is 5.10 Å². The first-order chi connectivity index (χ1) is 9.24. The molecule has 0 aromatic carbocycles. The maximum absolute atomic E-state index is 6.05.